The van der Waals surface area contributed by atoms with E-state index < -0.39 is 5.92 Å². The van der Waals surface area contributed by atoms with Crippen molar-refractivity contribution in [1.82, 2.24) is 10.6 Å². The topological polar surface area (TPSA) is 75.3 Å². The van der Waals surface area contributed by atoms with E-state index in [2.05, 4.69) is 26.6 Å². The van der Waals surface area contributed by atoms with Crippen LogP contribution < -0.4 is 10.6 Å². The van der Waals surface area contributed by atoms with Crippen LogP contribution in [0.15, 0.2) is 28.7 Å². The Morgan fingerprint density at radius 2 is 2.19 bits per heavy atom. The SMILES string of the molecule is O=C(CC1CCC(=O)NC1=O)NCCc1cccc(Br)c1. The van der Waals surface area contributed by atoms with Crippen LogP contribution in [0.1, 0.15) is 24.8 Å². The van der Waals surface area contributed by atoms with Gasteiger partial charge in [-0.3, -0.25) is 19.7 Å². The summed E-state index contributed by atoms with van der Waals surface area (Å²) in [5.74, 6) is -1.15. The molecule has 0 spiro atoms. The number of piperidine rings is 1. The molecule has 1 aliphatic heterocycles. The lowest BCUT2D eigenvalue weighted by atomic mass is 9.94. The van der Waals surface area contributed by atoms with Crippen molar-refractivity contribution in [3.63, 3.8) is 0 Å². The van der Waals surface area contributed by atoms with E-state index in [9.17, 15) is 14.4 Å². The minimum atomic E-state index is -0.395. The van der Waals surface area contributed by atoms with Crippen LogP contribution >= 0.6 is 15.9 Å². The summed E-state index contributed by atoms with van der Waals surface area (Å²) in [5, 5.41) is 5.07. The highest BCUT2D eigenvalue weighted by Gasteiger charge is 2.28. The van der Waals surface area contributed by atoms with Crippen LogP contribution in [0.4, 0.5) is 0 Å². The fourth-order valence-corrected chi connectivity index (χ4v) is 2.71. The number of carbonyl (C=O) groups is 3. The Kier molecular flexibility index (Phi) is 5.50. The van der Waals surface area contributed by atoms with Gasteiger partial charge in [-0.1, -0.05) is 28.1 Å². The van der Waals surface area contributed by atoms with E-state index in [1.54, 1.807) is 0 Å². The van der Waals surface area contributed by atoms with E-state index in [1.165, 1.54) is 0 Å². The lowest BCUT2D eigenvalue weighted by Gasteiger charge is -2.20. The van der Waals surface area contributed by atoms with E-state index in [-0.39, 0.29) is 24.1 Å². The lowest BCUT2D eigenvalue weighted by Crippen LogP contribution is -2.42. The van der Waals surface area contributed by atoms with E-state index in [0.29, 0.717) is 19.4 Å². The number of imide groups is 1. The van der Waals surface area contributed by atoms with Gasteiger partial charge in [-0.25, -0.2) is 0 Å². The zero-order valence-corrected chi connectivity index (χ0v) is 13.1. The largest absolute Gasteiger partial charge is 0.356 e. The predicted octanol–water partition coefficient (Wildman–Crippen LogP) is 1.55. The average molecular weight is 353 g/mol. The first-order chi connectivity index (χ1) is 10.0. The molecule has 0 saturated carbocycles. The van der Waals surface area contributed by atoms with Gasteiger partial charge in [0.2, 0.25) is 17.7 Å². The fraction of sp³-hybridized carbons (Fsp3) is 0.400. The van der Waals surface area contributed by atoms with Gasteiger partial charge >= 0.3 is 0 Å². The van der Waals surface area contributed by atoms with Crippen LogP contribution in [0.5, 0.6) is 0 Å². The number of hydrogen-bond acceptors (Lipinski definition) is 3. The standard InChI is InChI=1S/C15H17BrN2O3/c16-12-3-1-2-10(8-12)6-7-17-14(20)9-11-4-5-13(19)18-15(11)21/h1-3,8,11H,4-7,9H2,(H,17,20)(H,18,19,21). The van der Waals surface area contributed by atoms with Crippen molar-refractivity contribution in [3.8, 4) is 0 Å². The van der Waals surface area contributed by atoms with Crippen molar-refractivity contribution in [2.24, 2.45) is 5.92 Å². The smallest absolute Gasteiger partial charge is 0.230 e. The number of rotatable bonds is 5. The lowest BCUT2D eigenvalue weighted by molar-refractivity contribution is -0.138. The molecule has 1 atom stereocenters. The molecule has 1 heterocycles. The molecule has 1 aromatic rings. The maximum absolute atomic E-state index is 11.8. The van der Waals surface area contributed by atoms with Crippen molar-refractivity contribution < 1.29 is 14.4 Å². The first-order valence-corrected chi connectivity index (χ1v) is 7.69. The maximum Gasteiger partial charge on any atom is 0.230 e. The molecule has 0 aliphatic carbocycles. The van der Waals surface area contributed by atoms with Crippen molar-refractivity contribution in [1.29, 1.82) is 0 Å². The number of hydrogen-bond donors (Lipinski definition) is 2. The summed E-state index contributed by atoms with van der Waals surface area (Å²) in [6, 6.07) is 7.90. The van der Waals surface area contributed by atoms with Crippen LogP contribution in [0.3, 0.4) is 0 Å². The Bertz CT molecular complexity index is 560. The highest BCUT2D eigenvalue weighted by molar-refractivity contribution is 9.10. The van der Waals surface area contributed by atoms with Crippen LogP contribution in [-0.2, 0) is 20.8 Å². The Labute approximate surface area is 131 Å². The minimum absolute atomic E-state index is 0.137. The number of amides is 3. The van der Waals surface area contributed by atoms with E-state index in [1.807, 2.05) is 24.3 Å². The molecule has 0 aromatic heterocycles. The number of benzene rings is 1. The first-order valence-electron chi connectivity index (χ1n) is 6.89. The van der Waals surface area contributed by atoms with Gasteiger partial charge in [0.15, 0.2) is 0 Å². The van der Waals surface area contributed by atoms with Crippen LogP contribution in [0.25, 0.3) is 0 Å². The molecule has 6 heteroatoms. The van der Waals surface area contributed by atoms with E-state index in [0.717, 1.165) is 16.5 Å². The van der Waals surface area contributed by atoms with E-state index in [4.69, 9.17) is 0 Å². The summed E-state index contributed by atoms with van der Waals surface area (Å²) in [5.41, 5.74) is 1.13. The Morgan fingerprint density at radius 1 is 1.38 bits per heavy atom. The molecule has 5 nitrogen and oxygen atoms in total. The molecule has 112 valence electrons. The number of halogens is 1. The van der Waals surface area contributed by atoms with Crippen molar-refractivity contribution in [2.45, 2.75) is 25.7 Å². The zero-order valence-electron chi connectivity index (χ0n) is 11.5. The highest BCUT2D eigenvalue weighted by Crippen LogP contribution is 2.16. The second kappa shape index (κ2) is 7.36. The van der Waals surface area contributed by atoms with Gasteiger partial charge in [-0.2, -0.15) is 0 Å². The quantitative estimate of drug-likeness (QED) is 0.789. The molecule has 1 unspecified atom stereocenters. The van der Waals surface area contributed by atoms with Crippen molar-refractivity contribution in [2.75, 3.05) is 6.54 Å². The predicted molar refractivity (Wildman–Crippen MR) is 81.3 cm³/mol. The molecule has 1 fully saturated rings. The van der Waals surface area contributed by atoms with Crippen molar-refractivity contribution in [3.05, 3.63) is 34.3 Å². The Balaban J connectivity index is 1.72. The van der Waals surface area contributed by atoms with Gasteiger partial charge in [0.05, 0.1) is 0 Å². The third-order valence-electron chi connectivity index (χ3n) is 3.41. The monoisotopic (exact) mass is 352 g/mol. The van der Waals surface area contributed by atoms with Crippen molar-refractivity contribution >= 4 is 33.7 Å². The second-order valence-corrected chi connectivity index (χ2v) is 6.00. The third-order valence-corrected chi connectivity index (χ3v) is 3.90. The third kappa shape index (κ3) is 4.97. The van der Waals surface area contributed by atoms with Gasteiger partial charge in [0.25, 0.3) is 0 Å². The first kappa shape index (κ1) is 15.7. The minimum Gasteiger partial charge on any atom is -0.356 e. The molecule has 1 aliphatic rings. The fourth-order valence-electron chi connectivity index (χ4n) is 2.27. The summed E-state index contributed by atoms with van der Waals surface area (Å²) in [6.07, 6.45) is 1.63. The van der Waals surface area contributed by atoms with Gasteiger partial charge in [-0.15, -0.1) is 0 Å². The molecule has 2 N–H and O–H groups in total. The summed E-state index contributed by atoms with van der Waals surface area (Å²) in [4.78, 5) is 34.4. The second-order valence-electron chi connectivity index (χ2n) is 5.08. The molecule has 3 amide bonds. The zero-order chi connectivity index (χ0) is 15.2. The molecular formula is C15H17BrN2O3. The number of carbonyl (C=O) groups excluding carboxylic acids is 3. The van der Waals surface area contributed by atoms with Crippen LogP contribution in [0, 0.1) is 5.92 Å². The van der Waals surface area contributed by atoms with Crippen LogP contribution in [0.2, 0.25) is 0 Å². The van der Waals surface area contributed by atoms with Crippen LogP contribution in [-0.4, -0.2) is 24.3 Å². The number of nitrogens with one attached hydrogen (secondary N) is 2. The Morgan fingerprint density at radius 3 is 2.90 bits per heavy atom. The Hall–Kier alpha value is -1.69. The average Bonchev–Trinajstić information content (AvgIpc) is 2.42. The maximum atomic E-state index is 11.8. The molecule has 0 bridgehead atoms. The molecule has 21 heavy (non-hydrogen) atoms. The summed E-state index contributed by atoms with van der Waals surface area (Å²) in [7, 11) is 0. The molecule has 1 aromatic carbocycles. The normalized spacial score (nSPS) is 18.2. The van der Waals surface area contributed by atoms with Gasteiger partial charge in [-0.05, 0) is 30.5 Å². The molecular weight excluding hydrogens is 336 g/mol. The molecule has 1 saturated heterocycles. The van der Waals surface area contributed by atoms with Gasteiger partial charge in [0, 0.05) is 29.8 Å². The van der Waals surface area contributed by atoms with Gasteiger partial charge in [0.1, 0.15) is 0 Å². The summed E-state index contributed by atoms with van der Waals surface area (Å²) in [6.45, 7) is 0.530. The highest BCUT2D eigenvalue weighted by atomic mass is 79.9. The summed E-state index contributed by atoms with van der Waals surface area (Å²) >= 11 is 3.40. The van der Waals surface area contributed by atoms with E-state index >= 15 is 0 Å². The summed E-state index contributed by atoms with van der Waals surface area (Å²) < 4.78 is 1.01. The molecule has 0 radical (unpaired) electrons. The molecule has 2 rings (SSSR count). The van der Waals surface area contributed by atoms with Gasteiger partial charge < -0.3 is 5.32 Å².